The molecule has 0 fully saturated rings. The van der Waals surface area contributed by atoms with Crippen LogP contribution in [-0.4, -0.2) is 13.2 Å². The Labute approximate surface area is 830 Å². The second kappa shape index (κ2) is 54.0. The predicted octanol–water partition coefficient (Wildman–Crippen LogP) is 30.7. The van der Waals surface area contributed by atoms with Crippen LogP contribution in [-0.2, 0) is 25.8 Å². The monoisotopic (exact) mass is 1940 g/mol. The van der Waals surface area contributed by atoms with Crippen molar-refractivity contribution in [3.8, 4) is 67.1 Å². The number of unbranched alkanes of at least 4 members (excludes halogenated alkanes) is 10. The van der Waals surface area contributed by atoms with Crippen LogP contribution in [0.4, 0.5) is 0 Å². The van der Waals surface area contributed by atoms with Gasteiger partial charge in [-0.05, 0) is 224 Å². The van der Waals surface area contributed by atoms with Crippen LogP contribution in [0.5, 0.6) is 11.5 Å². The van der Waals surface area contributed by atoms with Crippen molar-refractivity contribution < 1.29 is 29.9 Å². The van der Waals surface area contributed by atoms with E-state index in [4.69, 9.17) is 9.47 Å². The van der Waals surface area contributed by atoms with Gasteiger partial charge in [0.25, 0.3) is 0 Å². The Morgan fingerprint density at radius 1 is 0.176 bits per heavy atom. The number of ether oxygens (including phenoxy) is 2. The molecule has 0 radical (unpaired) electrons. The van der Waals surface area contributed by atoms with E-state index in [9.17, 15) is 0 Å². The molecule has 0 aromatic heterocycles. The van der Waals surface area contributed by atoms with Crippen molar-refractivity contribution in [3.05, 3.63) is 509 Å². The van der Waals surface area contributed by atoms with Crippen LogP contribution in [0.2, 0.25) is 0 Å². The fourth-order valence-electron chi connectivity index (χ4n) is 17.9. The molecule has 2 nitrogen and oxygen atoms in total. The van der Waals surface area contributed by atoms with Gasteiger partial charge in [-0.1, -0.05) is 553 Å². The van der Waals surface area contributed by atoms with Gasteiger partial charge in [0.05, 0.1) is 13.2 Å². The summed E-state index contributed by atoms with van der Waals surface area (Å²) in [5.41, 5.74) is 15.6. The second-order valence-electron chi connectivity index (χ2n) is 34.1. The van der Waals surface area contributed by atoms with Gasteiger partial charge in [0, 0.05) is 25.8 Å². The van der Waals surface area contributed by atoms with E-state index in [1.165, 1.54) is 195 Å². The van der Waals surface area contributed by atoms with Gasteiger partial charge in [-0.15, -0.1) is 0 Å². The third kappa shape index (κ3) is 27.7. The van der Waals surface area contributed by atoms with E-state index in [0.717, 1.165) is 50.4 Å². The van der Waals surface area contributed by atoms with Gasteiger partial charge in [-0.2, -0.15) is 0 Å². The zero-order valence-electron chi connectivity index (χ0n) is 79.1. The molecule has 0 aliphatic heterocycles. The average Bonchev–Trinajstić information content (AvgIpc) is 1.56. The molecule has 18 aromatic carbocycles. The summed E-state index contributed by atoms with van der Waals surface area (Å²) in [6.07, 6.45) is 17.5. The molecule has 0 bridgehead atoms. The molecule has 0 spiro atoms. The summed E-state index contributed by atoms with van der Waals surface area (Å²) in [6, 6.07) is 179. The molecule has 684 valence electrons. The Morgan fingerprint density at radius 3 is 0.522 bits per heavy atom. The minimum atomic E-state index is -0.446. The number of hydrogen-bond donors (Lipinski definition) is 0. The third-order valence-electron chi connectivity index (χ3n) is 25.1. The molecule has 0 heterocycles. The van der Waals surface area contributed by atoms with E-state index in [2.05, 4.69) is 525 Å². The molecule has 0 atom stereocenters. The summed E-state index contributed by atoms with van der Waals surface area (Å²) in [4.78, 5) is 0. The zero-order valence-corrected chi connectivity index (χ0v) is 84.2. The molecule has 19 rings (SSSR count). The van der Waals surface area contributed by atoms with Crippen molar-refractivity contribution in [2.75, 3.05) is 13.2 Å². The maximum Gasteiger partial charge on any atom is 0.119 e. The predicted molar refractivity (Wildman–Crippen MR) is 593 cm³/mol. The first kappa shape index (κ1) is 99.9. The largest absolute Gasteiger partial charge is 0.494 e. The van der Waals surface area contributed by atoms with E-state index in [1.807, 2.05) is 0 Å². The quantitative estimate of drug-likeness (QED) is 0.0227. The summed E-state index contributed by atoms with van der Waals surface area (Å²) < 4.78 is 12.1. The molecule has 136 heavy (non-hydrogen) atoms. The Hall–Kier alpha value is -12.1. The molecule has 0 N–H and O–H groups in total. The summed E-state index contributed by atoms with van der Waals surface area (Å²) in [7, 11) is -1.78. The number of fused-ring (bicyclic) bond motifs is 3. The Morgan fingerprint density at radius 2 is 0.338 bits per heavy atom. The van der Waals surface area contributed by atoms with Gasteiger partial charge in [0.1, 0.15) is 11.5 Å². The maximum absolute atomic E-state index is 6.04. The van der Waals surface area contributed by atoms with Crippen LogP contribution in [0, 0.1) is 0 Å². The first-order valence-electron chi connectivity index (χ1n) is 48.6. The molecule has 7 heteroatoms. The molecule has 0 amide bonds. The molecule has 1 aliphatic rings. The van der Waals surface area contributed by atoms with E-state index < -0.39 is 31.7 Å². The number of hydrogen-bond acceptors (Lipinski definition) is 2. The van der Waals surface area contributed by atoms with Crippen molar-refractivity contribution >= 4 is 95.3 Å². The minimum Gasteiger partial charge on any atom is -0.494 e. The number of rotatable bonds is 34. The molecule has 0 saturated heterocycles. The minimum absolute atomic E-state index is 0. The average molecular weight is 1940 g/mol. The molecular weight excluding hydrogens is 1810 g/mol. The van der Waals surface area contributed by atoms with Gasteiger partial charge in [-0.25, -0.2) is 0 Å². The van der Waals surface area contributed by atoms with Crippen LogP contribution in [0.25, 0.3) is 55.6 Å². The van der Waals surface area contributed by atoms with E-state index in [0.29, 0.717) is 0 Å². The summed E-state index contributed by atoms with van der Waals surface area (Å²) in [5, 5.41) is 16.8. The van der Waals surface area contributed by atoms with Crippen LogP contribution >= 0.6 is 31.7 Å². The number of benzene rings is 18. The zero-order chi connectivity index (χ0) is 92.5. The first-order chi connectivity index (χ1) is 66.9. The normalized spacial score (nSPS) is 11.4. The Bertz CT molecular complexity index is 5390. The first-order valence-corrected chi connectivity index (χ1v) is 54.0. The van der Waals surface area contributed by atoms with Crippen molar-refractivity contribution in [1.82, 2.24) is 0 Å². The van der Waals surface area contributed by atoms with Crippen LogP contribution in [0.3, 0.4) is 0 Å². The van der Waals surface area contributed by atoms with Crippen LogP contribution in [0.15, 0.2) is 497 Å². The topological polar surface area (TPSA) is 18.5 Å². The van der Waals surface area contributed by atoms with Crippen molar-refractivity contribution in [1.29, 1.82) is 0 Å². The van der Waals surface area contributed by atoms with E-state index >= 15 is 0 Å². The van der Waals surface area contributed by atoms with Gasteiger partial charge in [0.15, 0.2) is 0 Å². The summed E-state index contributed by atoms with van der Waals surface area (Å²) in [6.45, 7) is 10.8. The van der Waals surface area contributed by atoms with Crippen molar-refractivity contribution in [2.24, 2.45) is 0 Å². The fraction of sp³-hybridized carbons (Fsp3) is 0.163. The van der Waals surface area contributed by atoms with Crippen LogP contribution < -0.4 is 73.1 Å². The second-order valence-corrected chi connectivity index (χ2v) is 43.0. The van der Waals surface area contributed by atoms with Crippen molar-refractivity contribution in [2.45, 2.75) is 123 Å². The standard InChI is InChI=1S/C57H66O2.4C18H15P.Pd/c1-5-9-11-13-15-17-39-58-51-33-27-45(28-34-51)43-19-23-47(24-20-43)49-31-37-53-54-38-32-50(42-56(54)57(7-3,8-4)55(53)41-49)48-25-21-44(22-26-48)46-29-35-52(36-30-46)59-40-18-16-14-12-10-6-2;4*1-4-10-16(11-5-1)19(17-12-6-2-7-13-17)18-14-8-3-9-15-18;/h19-38,41-42H,5-18,39-40H2,1-4H3;4*1-15H;. The van der Waals surface area contributed by atoms with Crippen LogP contribution in [0.1, 0.15) is 129 Å². The molecule has 0 unspecified atom stereocenters. The summed E-state index contributed by atoms with van der Waals surface area (Å²) >= 11 is 0. The molecular formula is C129H126O2P4Pd. The maximum atomic E-state index is 6.04. The van der Waals surface area contributed by atoms with E-state index in [-0.39, 0.29) is 25.8 Å². The smallest absolute Gasteiger partial charge is 0.119 e. The van der Waals surface area contributed by atoms with Crippen molar-refractivity contribution in [3.63, 3.8) is 0 Å². The van der Waals surface area contributed by atoms with E-state index in [1.54, 1.807) is 0 Å². The molecule has 1 aliphatic carbocycles. The Balaban J connectivity index is 0.000000155. The molecule has 0 saturated carbocycles. The van der Waals surface area contributed by atoms with Gasteiger partial charge in [-0.3, -0.25) is 0 Å². The Kier molecular flexibility index (Phi) is 39.7. The summed E-state index contributed by atoms with van der Waals surface area (Å²) in [5.74, 6) is 1.92. The third-order valence-corrected chi connectivity index (χ3v) is 34.9. The van der Waals surface area contributed by atoms with Gasteiger partial charge in [0.2, 0.25) is 0 Å². The molecule has 18 aromatic rings. The SMILES string of the molecule is CCCCCCCCOc1ccc(-c2ccc(-c3ccc4c(c3)C(CC)(CC)c3cc(-c5ccc(-c6ccc(OCCCCCCCC)cc6)cc5)ccc3-4)cc2)cc1.[Pd].c1ccc(P(c2ccccc2)c2ccccc2)cc1.c1ccc(P(c2ccccc2)c2ccccc2)cc1.c1ccc(P(c2ccccc2)c2ccccc2)cc1.c1ccc(P(c2ccccc2)c2ccccc2)cc1. The van der Waals surface area contributed by atoms with Gasteiger partial charge >= 0.3 is 0 Å². The van der Waals surface area contributed by atoms with Gasteiger partial charge < -0.3 is 9.47 Å². The fourth-order valence-corrected chi connectivity index (χ4v) is 27.1.